The summed E-state index contributed by atoms with van der Waals surface area (Å²) in [5, 5.41) is 12.0. The average molecular weight is 383 g/mol. The monoisotopic (exact) mass is 382 g/mol. The fourth-order valence-corrected chi connectivity index (χ4v) is 4.95. The molecule has 2 aliphatic heterocycles. The zero-order valence-electron chi connectivity index (χ0n) is 14.8. The highest BCUT2D eigenvalue weighted by atomic mass is 35.5. The molecule has 27 heavy (non-hydrogen) atoms. The van der Waals surface area contributed by atoms with Gasteiger partial charge in [-0.15, -0.1) is 0 Å². The van der Waals surface area contributed by atoms with E-state index in [0.717, 1.165) is 38.6 Å². The van der Waals surface area contributed by atoms with Gasteiger partial charge in [0.2, 0.25) is 11.5 Å². The van der Waals surface area contributed by atoms with Gasteiger partial charge in [0.1, 0.15) is 0 Å². The summed E-state index contributed by atoms with van der Waals surface area (Å²) in [5.41, 5.74) is 3.66. The van der Waals surface area contributed by atoms with E-state index in [0.29, 0.717) is 16.3 Å². The molecule has 2 heterocycles. The van der Waals surface area contributed by atoms with Crippen molar-refractivity contribution in [1.29, 1.82) is 0 Å². The van der Waals surface area contributed by atoms with Crippen molar-refractivity contribution in [2.24, 2.45) is 0 Å². The Morgan fingerprint density at radius 1 is 1.19 bits per heavy atom. The molecule has 2 aromatic carbocycles. The molecule has 0 saturated heterocycles. The van der Waals surface area contributed by atoms with E-state index in [4.69, 9.17) is 16.3 Å². The van der Waals surface area contributed by atoms with Crippen molar-refractivity contribution in [2.45, 2.75) is 37.8 Å². The van der Waals surface area contributed by atoms with Crippen molar-refractivity contribution in [3.63, 3.8) is 0 Å². The number of nitro groups is 1. The highest BCUT2D eigenvalue weighted by Gasteiger charge is 2.49. The Kier molecular flexibility index (Phi) is 3.69. The lowest BCUT2D eigenvalue weighted by Crippen LogP contribution is -2.56. The first-order valence-electron chi connectivity index (χ1n) is 9.32. The Hall–Kier alpha value is -2.53. The predicted octanol–water partition coefficient (Wildman–Crippen LogP) is 5.36. The molecule has 1 saturated carbocycles. The number of benzene rings is 2. The zero-order chi connectivity index (χ0) is 18.6. The first kappa shape index (κ1) is 16.6. The van der Waals surface area contributed by atoms with E-state index in [-0.39, 0.29) is 5.69 Å². The second kappa shape index (κ2) is 5.99. The van der Waals surface area contributed by atoms with Gasteiger partial charge in [0.15, 0.2) is 0 Å². The van der Waals surface area contributed by atoms with Crippen molar-refractivity contribution in [1.82, 2.24) is 0 Å². The normalized spacial score (nSPS) is 23.0. The van der Waals surface area contributed by atoms with E-state index in [1.807, 2.05) is 6.07 Å². The summed E-state index contributed by atoms with van der Waals surface area (Å²) >= 11 is 6.13. The van der Waals surface area contributed by atoms with Gasteiger partial charge in [0.25, 0.3) is 0 Å². The van der Waals surface area contributed by atoms with Crippen molar-refractivity contribution >= 4 is 29.1 Å². The molecule has 0 aromatic heterocycles. The van der Waals surface area contributed by atoms with Crippen LogP contribution in [0, 0.1) is 10.1 Å². The standard InChI is InChI=1S/C21H19ClN2O3/c22-17-12-15-11-16-6-3-4-9-21(16,27-20(15)19(13-17)24(25)26)23-10-8-14-5-1-2-7-18(14)23/h1-2,5,7,11-13H,3-4,6,8-10H2. The Bertz CT molecular complexity index is 987. The Morgan fingerprint density at radius 3 is 2.89 bits per heavy atom. The molecule has 0 amide bonds. The van der Waals surface area contributed by atoms with Crippen LogP contribution in [-0.4, -0.2) is 17.2 Å². The van der Waals surface area contributed by atoms with Crippen molar-refractivity contribution < 1.29 is 9.66 Å². The minimum absolute atomic E-state index is 0.0646. The molecule has 1 atom stereocenters. The van der Waals surface area contributed by atoms with E-state index < -0.39 is 10.6 Å². The smallest absolute Gasteiger partial charge is 0.313 e. The molecule has 5 nitrogen and oxygen atoms in total. The highest BCUT2D eigenvalue weighted by Crippen LogP contribution is 2.51. The number of hydrogen-bond donors (Lipinski definition) is 0. The number of rotatable bonds is 2. The first-order chi connectivity index (χ1) is 13.1. The largest absolute Gasteiger partial charge is 0.456 e. The Morgan fingerprint density at radius 2 is 2.04 bits per heavy atom. The van der Waals surface area contributed by atoms with Gasteiger partial charge in [-0.1, -0.05) is 29.8 Å². The van der Waals surface area contributed by atoms with Crippen LogP contribution in [0.3, 0.4) is 0 Å². The number of nitro benzene ring substituents is 1. The SMILES string of the molecule is O=[N+]([O-])c1cc(Cl)cc2c1OC1(N3CCc4ccccc43)CCCCC1=C2. The summed E-state index contributed by atoms with van der Waals surface area (Å²) in [7, 11) is 0. The lowest BCUT2D eigenvalue weighted by molar-refractivity contribution is -0.386. The van der Waals surface area contributed by atoms with Crippen molar-refractivity contribution in [3.05, 3.63) is 68.2 Å². The molecular formula is C21H19ClN2O3. The van der Waals surface area contributed by atoms with Crippen molar-refractivity contribution in [2.75, 3.05) is 11.4 Å². The summed E-state index contributed by atoms with van der Waals surface area (Å²) < 4.78 is 6.57. The molecule has 0 radical (unpaired) electrons. The quantitative estimate of drug-likeness (QED) is 0.518. The van der Waals surface area contributed by atoms with Crippen LogP contribution in [-0.2, 0) is 6.42 Å². The van der Waals surface area contributed by atoms with Crippen LogP contribution in [0.1, 0.15) is 36.8 Å². The molecule has 1 aliphatic carbocycles. The van der Waals surface area contributed by atoms with Gasteiger partial charge in [0.05, 0.1) is 4.92 Å². The van der Waals surface area contributed by atoms with Gasteiger partial charge in [0, 0.05) is 35.3 Å². The highest BCUT2D eigenvalue weighted by molar-refractivity contribution is 6.31. The Labute approximate surface area is 162 Å². The van der Waals surface area contributed by atoms with Crippen LogP contribution in [0.25, 0.3) is 6.08 Å². The summed E-state index contributed by atoms with van der Waals surface area (Å²) in [4.78, 5) is 13.6. The lowest BCUT2D eigenvalue weighted by atomic mass is 9.82. The topological polar surface area (TPSA) is 55.6 Å². The fourth-order valence-electron chi connectivity index (χ4n) is 4.72. The summed E-state index contributed by atoms with van der Waals surface area (Å²) in [6.45, 7) is 0.855. The molecule has 0 bridgehead atoms. The third-order valence-electron chi connectivity index (χ3n) is 5.90. The van der Waals surface area contributed by atoms with E-state index in [9.17, 15) is 10.1 Å². The number of ether oxygens (including phenoxy) is 1. The number of para-hydroxylation sites is 1. The average Bonchev–Trinajstić information content (AvgIpc) is 3.10. The molecule has 0 spiro atoms. The minimum atomic E-state index is -0.642. The second-order valence-electron chi connectivity index (χ2n) is 7.39. The van der Waals surface area contributed by atoms with Crippen molar-refractivity contribution in [3.8, 4) is 5.75 Å². The van der Waals surface area contributed by atoms with Gasteiger partial charge in [-0.05, 0) is 55.0 Å². The number of anilines is 1. The molecule has 5 rings (SSSR count). The molecular weight excluding hydrogens is 364 g/mol. The number of hydrogen-bond acceptors (Lipinski definition) is 4. The predicted molar refractivity (Wildman–Crippen MR) is 105 cm³/mol. The maximum atomic E-state index is 11.6. The van der Waals surface area contributed by atoms with Crippen LogP contribution < -0.4 is 9.64 Å². The third kappa shape index (κ3) is 2.45. The second-order valence-corrected chi connectivity index (χ2v) is 7.83. The number of halogens is 1. The third-order valence-corrected chi connectivity index (χ3v) is 6.12. The number of fused-ring (bicyclic) bond motifs is 3. The van der Waals surface area contributed by atoms with Crippen LogP contribution in [0.15, 0.2) is 42.0 Å². The molecule has 6 heteroatoms. The van der Waals surface area contributed by atoms with E-state index in [2.05, 4.69) is 29.2 Å². The van der Waals surface area contributed by atoms with E-state index >= 15 is 0 Å². The summed E-state index contributed by atoms with van der Waals surface area (Å²) in [6, 6.07) is 11.5. The molecule has 3 aliphatic rings. The Balaban J connectivity index is 1.69. The van der Waals surface area contributed by atoms with Gasteiger partial charge < -0.3 is 9.64 Å². The summed E-state index contributed by atoms with van der Waals surface area (Å²) in [5.74, 6) is 0.333. The van der Waals surface area contributed by atoms with E-state index in [1.165, 1.54) is 22.9 Å². The molecule has 1 unspecified atom stereocenters. The minimum Gasteiger partial charge on any atom is -0.456 e. The maximum Gasteiger partial charge on any atom is 0.313 e. The fraction of sp³-hybridized carbons (Fsp3) is 0.333. The van der Waals surface area contributed by atoms with Gasteiger partial charge in [-0.3, -0.25) is 10.1 Å². The van der Waals surface area contributed by atoms with Gasteiger partial charge in [-0.25, -0.2) is 0 Å². The zero-order valence-corrected chi connectivity index (χ0v) is 15.5. The molecule has 0 N–H and O–H groups in total. The molecule has 138 valence electrons. The molecule has 1 fully saturated rings. The molecule has 2 aromatic rings. The van der Waals surface area contributed by atoms with Gasteiger partial charge in [-0.2, -0.15) is 0 Å². The van der Waals surface area contributed by atoms with Gasteiger partial charge >= 0.3 is 5.69 Å². The maximum absolute atomic E-state index is 11.6. The lowest BCUT2D eigenvalue weighted by Gasteiger charge is -2.49. The van der Waals surface area contributed by atoms with E-state index in [1.54, 1.807) is 6.07 Å². The van der Waals surface area contributed by atoms with Crippen LogP contribution in [0.5, 0.6) is 5.75 Å². The van der Waals surface area contributed by atoms with Crippen LogP contribution in [0.2, 0.25) is 5.02 Å². The summed E-state index contributed by atoms with van der Waals surface area (Å²) in [6.07, 6.45) is 6.92. The van der Waals surface area contributed by atoms with Crippen LogP contribution >= 0.6 is 11.6 Å². The number of nitrogens with zero attached hydrogens (tertiary/aromatic N) is 2. The first-order valence-corrected chi connectivity index (χ1v) is 9.70. The van der Waals surface area contributed by atoms with Crippen LogP contribution in [0.4, 0.5) is 11.4 Å².